The number of fused-ring (bicyclic) bond motifs is 1. The number of hydrogen-bond acceptors (Lipinski definition) is 7. The van der Waals surface area contributed by atoms with Crippen molar-refractivity contribution in [2.24, 2.45) is 0 Å². The minimum absolute atomic E-state index is 0.000883. The van der Waals surface area contributed by atoms with Crippen LogP contribution in [0.4, 0.5) is 0 Å². The molecule has 10 nitrogen and oxygen atoms in total. The van der Waals surface area contributed by atoms with Gasteiger partial charge in [-0.1, -0.05) is 12.1 Å². The third-order valence-corrected chi connectivity index (χ3v) is 4.82. The third-order valence-electron chi connectivity index (χ3n) is 4.82. The number of carbonyl (C=O) groups excluding carboxylic acids is 5. The van der Waals surface area contributed by atoms with Gasteiger partial charge in [-0.05, 0) is 18.1 Å². The van der Waals surface area contributed by atoms with E-state index in [9.17, 15) is 24.0 Å². The van der Waals surface area contributed by atoms with Crippen molar-refractivity contribution in [2.75, 3.05) is 0 Å². The molecule has 5 amide bonds. The molecule has 29 heavy (non-hydrogen) atoms. The van der Waals surface area contributed by atoms with Gasteiger partial charge >= 0.3 is 0 Å². The molecule has 146 valence electrons. The van der Waals surface area contributed by atoms with E-state index in [1.807, 2.05) is 0 Å². The molecule has 3 heterocycles. The third kappa shape index (κ3) is 3.24. The molecule has 2 aliphatic rings. The van der Waals surface area contributed by atoms with Gasteiger partial charge in [-0.25, -0.2) is 9.97 Å². The zero-order valence-electron chi connectivity index (χ0n) is 15.0. The first-order valence-corrected chi connectivity index (χ1v) is 8.84. The minimum atomic E-state index is -1.04. The molecule has 0 bridgehead atoms. The first-order chi connectivity index (χ1) is 14.0. The second-order valence-corrected chi connectivity index (χ2v) is 6.60. The van der Waals surface area contributed by atoms with Crippen molar-refractivity contribution < 1.29 is 24.0 Å². The van der Waals surface area contributed by atoms with E-state index in [1.165, 1.54) is 24.8 Å². The quantitative estimate of drug-likeness (QED) is 0.686. The normalized spacial score (nSPS) is 18.5. The molecule has 0 spiro atoms. The molecule has 1 atom stereocenters. The maximum atomic E-state index is 13.0. The van der Waals surface area contributed by atoms with Crippen molar-refractivity contribution in [1.82, 2.24) is 25.5 Å². The molecule has 1 saturated heterocycles. The van der Waals surface area contributed by atoms with Crippen LogP contribution in [-0.4, -0.2) is 50.4 Å². The highest BCUT2D eigenvalue weighted by Gasteiger charge is 2.45. The van der Waals surface area contributed by atoms with Gasteiger partial charge in [0.05, 0.1) is 16.7 Å². The fourth-order valence-electron chi connectivity index (χ4n) is 3.43. The lowest BCUT2D eigenvalue weighted by molar-refractivity contribution is -0.136. The summed E-state index contributed by atoms with van der Waals surface area (Å²) in [6.45, 7) is -0.000883. The standard InChI is InChI=1S/C19H15N5O5/c25-14-5-4-13(17(27)23-14)24-18(28)12-3-1-2-10(15(12)19(24)29)8-22-16(26)11-6-20-9-21-7-11/h1-3,6-7,9,13H,4-5,8H2,(H,22,26)(H,23,25,27). The second-order valence-electron chi connectivity index (χ2n) is 6.60. The monoisotopic (exact) mass is 393 g/mol. The Morgan fingerprint density at radius 3 is 2.62 bits per heavy atom. The van der Waals surface area contributed by atoms with E-state index in [0.29, 0.717) is 5.56 Å². The molecule has 0 aliphatic carbocycles. The minimum Gasteiger partial charge on any atom is -0.348 e. The summed E-state index contributed by atoms with van der Waals surface area (Å²) in [5.41, 5.74) is 1.01. The Balaban J connectivity index is 1.57. The van der Waals surface area contributed by atoms with Gasteiger partial charge in [0.15, 0.2) is 0 Å². The Bertz CT molecular complexity index is 1050. The van der Waals surface area contributed by atoms with Gasteiger partial charge in [0, 0.05) is 25.4 Å². The number of aromatic nitrogens is 2. The number of benzene rings is 1. The van der Waals surface area contributed by atoms with Crippen LogP contribution in [-0.2, 0) is 16.1 Å². The zero-order valence-corrected chi connectivity index (χ0v) is 15.0. The molecule has 2 aliphatic heterocycles. The lowest BCUT2D eigenvalue weighted by atomic mass is 10.0. The van der Waals surface area contributed by atoms with E-state index in [0.717, 1.165) is 4.90 Å². The van der Waals surface area contributed by atoms with E-state index in [2.05, 4.69) is 20.6 Å². The van der Waals surface area contributed by atoms with E-state index in [1.54, 1.807) is 12.1 Å². The molecular weight excluding hydrogens is 378 g/mol. The van der Waals surface area contributed by atoms with Crippen LogP contribution < -0.4 is 10.6 Å². The average Bonchev–Trinajstić information content (AvgIpc) is 2.98. The van der Waals surface area contributed by atoms with Crippen LogP contribution in [0.25, 0.3) is 0 Å². The number of carbonyl (C=O) groups is 5. The van der Waals surface area contributed by atoms with Crippen molar-refractivity contribution in [2.45, 2.75) is 25.4 Å². The van der Waals surface area contributed by atoms with Gasteiger partial charge in [0.1, 0.15) is 12.4 Å². The molecule has 1 unspecified atom stereocenters. The average molecular weight is 393 g/mol. The topological polar surface area (TPSA) is 138 Å². The molecule has 0 saturated carbocycles. The van der Waals surface area contributed by atoms with E-state index in [-0.39, 0.29) is 36.1 Å². The molecule has 2 N–H and O–H groups in total. The van der Waals surface area contributed by atoms with Gasteiger partial charge in [-0.3, -0.25) is 34.2 Å². The van der Waals surface area contributed by atoms with Crippen LogP contribution in [0, 0.1) is 0 Å². The van der Waals surface area contributed by atoms with Crippen LogP contribution in [0.15, 0.2) is 36.9 Å². The first-order valence-electron chi connectivity index (χ1n) is 8.84. The smallest absolute Gasteiger partial charge is 0.262 e. The second kappa shape index (κ2) is 7.23. The highest BCUT2D eigenvalue weighted by molar-refractivity contribution is 6.24. The Morgan fingerprint density at radius 1 is 1.14 bits per heavy atom. The Morgan fingerprint density at radius 2 is 1.90 bits per heavy atom. The summed E-state index contributed by atoms with van der Waals surface area (Å²) in [6.07, 6.45) is 4.14. The number of amides is 5. The van der Waals surface area contributed by atoms with Crippen LogP contribution >= 0.6 is 0 Å². The van der Waals surface area contributed by atoms with Crippen molar-refractivity contribution in [3.63, 3.8) is 0 Å². The van der Waals surface area contributed by atoms with E-state index in [4.69, 9.17) is 0 Å². The molecule has 2 aromatic rings. The predicted molar refractivity (Wildman–Crippen MR) is 96.3 cm³/mol. The zero-order chi connectivity index (χ0) is 20.5. The molecule has 1 aromatic heterocycles. The number of rotatable bonds is 4. The molecule has 1 fully saturated rings. The number of imide groups is 2. The summed E-state index contributed by atoms with van der Waals surface area (Å²) in [4.78, 5) is 69.9. The van der Waals surface area contributed by atoms with Crippen LogP contribution in [0.3, 0.4) is 0 Å². The molecule has 4 rings (SSSR count). The summed E-state index contributed by atoms with van der Waals surface area (Å²) in [6, 6.07) is 3.69. The summed E-state index contributed by atoms with van der Waals surface area (Å²) in [7, 11) is 0. The Kier molecular flexibility index (Phi) is 4.59. The van der Waals surface area contributed by atoms with Crippen LogP contribution in [0.2, 0.25) is 0 Å². The predicted octanol–water partition coefficient (Wildman–Crippen LogP) is -0.192. The van der Waals surface area contributed by atoms with Gasteiger partial charge in [0.2, 0.25) is 11.8 Å². The lowest BCUT2D eigenvalue weighted by Crippen LogP contribution is -2.54. The molecular formula is C19H15N5O5. The molecule has 10 heteroatoms. The summed E-state index contributed by atoms with van der Waals surface area (Å²) < 4.78 is 0. The first kappa shape index (κ1) is 18.4. The number of nitrogens with zero attached hydrogens (tertiary/aromatic N) is 3. The Hall–Kier alpha value is -3.95. The number of nitrogens with one attached hydrogen (secondary N) is 2. The highest BCUT2D eigenvalue weighted by Crippen LogP contribution is 2.29. The van der Waals surface area contributed by atoms with Crippen molar-refractivity contribution in [3.8, 4) is 0 Å². The van der Waals surface area contributed by atoms with E-state index < -0.39 is 35.6 Å². The van der Waals surface area contributed by atoms with Crippen molar-refractivity contribution >= 4 is 29.5 Å². The maximum absolute atomic E-state index is 13.0. The lowest BCUT2D eigenvalue weighted by Gasteiger charge is -2.27. The number of piperidine rings is 1. The molecule has 1 aromatic carbocycles. The summed E-state index contributed by atoms with van der Waals surface area (Å²) in [5.74, 6) is -2.75. The number of hydrogen-bond donors (Lipinski definition) is 2. The van der Waals surface area contributed by atoms with Gasteiger partial charge < -0.3 is 5.32 Å². The van der Waals surface area contributed by atoms with Gasteiger partial charge in [-0.15, -0.1) is 0 Å². The largest absolute Gasteiger partial charge is 0.348 e. The van der Waals surface area contributed by atoms with Crippen LogP contribution in [0.5, 0.6) is 0 Å². The van der Waals surface area contributed by atoms with Crippen molar-refractivity contribution in [3.05, 3.63) is 59.2 Å². The fraction of sp³-hybridized carbons (Fsp3) is 0.211. The SMILES string of the molecule is O=C1CCC(N2C(=O)c3cccc(CNC(=O)c4cncnc4)c3C2=O)C(=O)N1. The summed E-state index contributed by atoms with van der Waals surface area (Å²) >= 11 is 0. The maximum Gasteiger partial charge on any atom is 0.262 e. The highest BCUT2D eigenvalue weighted by atomic mass is 16.2. The summed E-state index contributed by atoms with van der Waals surface area (Å²) in [5, 5.41) is 4.82. The van der Waals surface area contributed by atoms with E-state index >= 15 is 0 Å². The van der Waals surface area contributed by atoms with Crippen molar-refractivity contribution in [1.29, 1.82) is 0 Å². The van der Waals surface area contributed by atoms with Gasteiger partial charge in [-0.2, -0.15) is 0 Å². The fourth-order valence-corrected chi connectivity index (χ4v) is 3.43. The molecule has 0 radical (unpaired) electrons. The van der Waals surface area contributed by atoms with Crippen LogP contribution in [0.1, 0.15) is 49.5 Å². The van der Waals surface area contributed by atoms with Gasteiger partial charge in [0.25, 0.3) is 17.7 Å². The Labute approximate surface area is 164 Å².